The molecule has 0 saturated heterocycles. The van der Waals surface area contributed by atoms with E-state index >= 15 is 0 Å². The van der Waals surface area contributed by atoms with Crippen molar-refractivity contribution in [2.75, 3.05) is 7.11 Å². The number of hydrazine groups is 1. The number of carbonyl (C=O) groups excluding carboxylic acids is 2. The Morgan fingerprint density at radius 3 is 2.03 bits per heavy atom. The van der Waals surface area contributed by atoms with E-state index in [2.05, 4.69) is 26.3 Å². The average molecular weight is 428 g/mol. The van der Waals surface area contributed by atoms with Crippen molar-refractivity contribution in [3.8, 4) is 17.1 Å². The second-order valence-electron chi connectivity index (χ2n) is 6.84. The van der Waals surface area contributed by atoms with Crippen LogP contribution in [0.4, 0.5) is 0 Å². The quantitative estimate of drug-likeness (QED) is 0.457. The van der Waals surface area contributed by atoms with Gasteiger partial charge in [0.25, 0.3) is 11.8 Å². The fourth-order valence-electron chi connectivity index (χ4n) is 2.94. The molecular weight excluding hydrogens is 408 g/mol. The van der Waals surface area contributed by atoms with Gasteiger partial charge < -0.3 is 4.74 Å². The van der Waals surface area contributed by atoms with E-state index in [1.54, 1.807) is 55.6 Å². The van der Waals surface area contributed by atoms with Crippen LogP contribution >= 0.6 is 0 Å². The number of ether oxygens (including phenoxy) is 1. The van der Waals surface area contributed by atoms with E-state index in [0.717, 1.165) is 11.1 Å². The lowest BCUT2D eigenvalue weighted by atomic mass is 10.1. The molecule has 0 aliphatic rings. The maximum atomic E-state index is 12.3. The second kappa shape index (κ2) is 9.52. The number of methoxy groups -OCH3 is 1. The van der Waals surface area contributed by atoms with Gasteiger partial charge in [0.05, 0.1) is 13.7 Å². The zero-order valence-corrected chi connectivity index (χ0v) is 17.2. The lowest BCUT2D eigenvalue weighted by molar-refractivity contribution is 0.0846. The Labute approximate surface area is 184 Å². The monoisotopic (exact) mass is 428 g/mol. The molecule has 1 heterocycles. The van der Waals surface area contributed by atoms with E-state index in [1.807, 2.05) is 30.3 Å². The SMILES string of the molecule is COc1ccc(C(=O)NNC(=O)c2ccc(Cn3nnc(-c4ccccc4)n3)cc2)cc1. The number of benzene rings is 3. The van der Waals surface area contributed by atoms with Crippen molar-refractivity contribution in [1.29, 1.82) is 0 Å². The van der Waals surface area contributed by atoms with Gasteiger partial charge in [-0.1, -0.05) is 42.5 Å². The first-order valence-electron chi connectivity index (χ1n) is 9.79. The minimum Gasteiger partial charge on any atom is -0.497 e. The number of amides is 2. The predicted molar refractivity (Wildman–Crippen MR) is 117 cm³/mol. The average Bonchev–Trinajstić information content (AvgIpc) is 3.32. The van der Waals surface area contributed by atoms with Crippen molar-refractivity contribution in [3.05, 3.63) is 95.6 Å². The molecule has 32 heavy (non-hydrogen) atoms. The van der Waals surface area contributed by atoms with Crippen LogP contribution in [0.1, 0.15) is 26.3 Å². The Kier molecular flexibility index (Phi) is 6.17. The highest BCUT2D eigenvalue weighted by molar-refractivity contribution is 5.99. The van der Waals surface area contributed by atoms with Crippen LogP contribution in [0.15, 0.2) is 78.9 Å². The number of hydrogen-bond acceptors (Lipinski definition) is 6. The van der Waals surface area contributed by atoms with Gasteiger partial charge in [-0.05, 0) is 47.2 Å². The van der Waals surface area contributed by atoms with Gasteiger partial charge in [-0.3, -0.25) is 20.4 Å². The molecule has 160 valence electrons. The molecule has 2 N–H and O–H groups in total. The van der Waals surface area contributed by atoms with E-state index in [0.29, 0.717) is 29.2 Å². The molecule has 0 atom stereocenters. The molecule has 0 saturated carbocycles. The van der Waals surface area contributed by atoms with Crippen molar-refractivity contribution in [2.24, 2.45) is 0 Å². The molecule has 0 fully saturated rings. The van der Waals surface area contributed by atoms with Crippen molar-refractivity contribution < 1.29 is 14.3 Å². The molecule has 2 amide bonds. The minimum atomic E-state index is -0.427. The number of tetrazole rings is 1. The maximum Gasteiger partial charge on any atom is 0.269 e. The summed E-state index contributed by atoms with van der Waals surface area (Å²) in [6.45, 7) is 0.413. The lowest BCUT2D eigenvalue weighted by Gasteiger charge is -2.08. The Hall–Kier alpha value is -4.53. The van der Waals surface area contributed by atoms with Crippen molar-refractivity contribution >= 4 is 11.8 Å². The Morgan fingerprint density at radius 2 is 1.44 bits per heavy atom. The molecule has 0 aliphatic carbocycles. The Balaban J connectivity index is 1.32. The number of hydrogen-bond donors (Lipinski definition) is 2. The van der Waals surface area contributed by atoms with E-state index < -0.39 is 11.8 Å². The first-order valence-corrected chi connectivity index (χ1v) is 9.79. The van der Waals surface area contributed by atoms with E-state index in [4.69, 9.17) is 4.74 Å². The predicted octanol–water partition coefficient (Wildman–Crippen LogP) is 2.47. The molecule has 9 heteroatoms. The molecule has 0 spiro atoms. The third-order valence-corrected chi connectivity index (χ3v) is 4.67. The summed E-state index contributed by atoms with van der Waals surface area (Å²) in [7, 11) is 1.55. The first kappa shape index (κ1) is 20.7. The van der Waals surface area contributed by atoms with Crippen LogP contribution in [0, 0.1) is 0 Å². The molecule has 4 aromatic rings. The normalized spacial score (nSPS) is 10.4. The molecular formula is C23H20N6O3. The molecule has 3 aromatic carbocycles. The summed E-state index contributed by atoms with van der Waals surface area (Å²) in [5.74, 6) is 0.338. The van der Waals surface area contributed by atoms with Crippen LogP contribution in [0.25, 0.3) is 11.4 Å². The summed E-state index contributed by atoms with van der Waals surface area (Å²) in [6, 6.07) is 23.1. The second-order valence-corrected chi connectivity index (χ2v) is 6.84. The van der Waals surface area contributed by atoms with Crippen molar-refractivity contribution in [2.45, 2.75) is 6.54 Å². The van der Waals surface area contributed by atoms with Gasteiger partial charge in [0.1, 0.15) is 5.75 Å². The van der Waals surface area contributed by atoms with Crippen LogP contribution in [-0.2, 0) is 6.54 Å². The Morgan fingerprint density at radius 1 is 0.844 bits per heavy atom. The van der Waals surface area contributed by atoms with Crippen LogP contribution in [-0.4, -0.2) is 39.1 Å². The number of nitrogens with one attached hydrogen (secondary N) is 2. The fourth-order valence-corrected chi connectivity index (χ4v) is 2.94. The zero-order chi connectivity index (χ0) is 22.3. The summed E-state index contributed by atoms with van der Waals surface area (Å²) in [6.07, 6.45) is 0. The molecule has 0 bridgehead atoms. The van der Waals surface area contributed by atoms with Crippen LogP contribution in [0.2, 0.25) is 0 Å². The van der Waals surface area contributed by atoms with Gasteiger partial charge in [-0.15, -0.1) is 10.2 Å². The summed E-state index contributed by atoms with van der Waals surface area (Å²) in [5.41, 5.74) is 7.40. The summed E-state index contributed by atoms with van der Waals surface area (Å²) in [4.78, 5) is 26.0. The van der Waals surface area contributed by atoms with Crippen LogP contribution in [0.5, 0.6) is 5.75 Å². The topological polar surface area (TPSA) is 111 Å². The van der Waals surface area contributed by atoms with Crippen molar-refractivity contribution in [3.63, 3.8) is 0 Å². The fraction of sp³-hybridized carbons (Fsp3) is 0.0870. The first-order chi connectivity index (χ1) is 15.6. The van der Waals surface area contributed by atoms with Gasteiger partial charge >= 0.3 is 0 Å². The number of nitrogens with zero attached hydrogens (tertiary/aromatic N) is 4. The molecule has 9 nitrogen and oxygen atoms in total. The van der Waals surface area contributed by atoms with E-state index in [1.165, 1.54) is 4.80 Å². The zero-order valence-electron chi connectivity index (χ0n) is 17.2. The summed E-state index contributed by atoms with van der Waals surface area (Å²) >= 11 is 0. The van der Waals surface area contributed by atoms with Crippen molar-refractivity contribution in [1.82, 2.24) is 31.1 Å². The summed E-state index contributed by atoms with van der Waals surface area (Å²) < 4.78 is 5.06. The maximum absolute atomic E-state index is 12.3. The van der Waals surface area contributed by atoms with Gasteiger partial charge in [0.2, 0.25) is 5.82 Å². The third-order valence-electron chi connectivity index (χ3n) is 4.67. The van der Waals surface area contributed by atoms with Gasteiger partial charge in [-0.25, -0.2) is 0 Å². The summed E-state index contributed by atoms with van der Waals surface area (Å²) in [5, 5.41) is 12.5. The highest BCUT2D eigenvalue weighted by Crippen LogP contribution is 2.13. The number of carbonyl (C=O) groups is 2. The highest BCUT2D eigenvalue weighted by Gasteiger charge is 2.10. The molecule has 0 unspecified atom stereocenters. The van der Waals surface area contributed by atoms with Gasteiger partial charge in [0, 0.05) is 16.7 Å². The Bertz CT molecular complexity index is 1200. The number of aromatic nitrogens is 4. The molecule has 4 rings (SSSR count). The smallest absolute Gasteiger partial charge is 0.269 e. The highest BCUT2D eigenvalue weighted by atomic mass is 16.5. The third kappa shape index (κ3) is 4.96. The lowest BCUT2D eigenvalue weighted by Crippen LogP contribution is -2.41. The largest absolute Gasteiger partial charge is 0.497 e. The number of rotatable bonds is 6. The standard InChI is InChI=1S/C23H20N6O3/c1-32-20-13-11-19(12-14-20)23(31)26-25-22(30)18-9-7-16(8-10-18)15-29-27-21(24-28-29)17-5-3-2-4-6-17/h2-14H,15H2,1H3,(H,25,30)(H,26,31). The molecule has 1 aromatic heterocycles. The molecule has 0 aliphatic heterocycles. The van der Waals surface area contributed by atoms with Crippen LogP contribution in [0.3, 0.4) is 0 Å². The van der Waals surface area contributed by atoms with E-state index in [9.17, 15) is 9.59 Å². The van der Waals surface area contributed by atoms with Gasteiger partial charge in [-0.2, -0.15) is 4.80 Å². The minimum absolute atomic E-state index is 0.400. The molecule has 0 radical (unpaired) electrons. The van der Waals surface area contributed by atoms with Gasteiger partial charge in [0.15, 0.2) is 0 Å². The van der Waals surface area contributed by atoms with Crippen LogP contribution < -0.4 is 15.6 Å². The van der Waals surface area contributed by atoms with E-state index in [-0.39, 0.29) is 0 Å².